The molecule has 0 aliphatic heterocycles. The molecule has 0 fully saturated rings. The second kappa shape index (κ2) is 7.75. The molecule has 0 aliphatic carbocycles. The number of pyridine rings is 1. The summed E-state index contributed by atoms with van der Waals surface area (Å²) in [6.45, 7) is 0. The van der Waals surface area contributed by atoms with Crippen LogP contribution in [0.4, 0.5) is 11.6 Å². The third-order valence-corrected chi connectivity index (χ3v) is 4.96. The van der Waals surface area contributed by atoms with Crippen molar-refractivity contribution in [3.8, 4) is 22.5 Å². The number of carbonyl (C=O) groups excluding carboxylic acids is 1. The Bertz CT molecular complexity index is 1350. The molecule has 0 bridgehead atoms. The third kappa shape index (κ3) is 3.62. The number of anilines is 2. The number of hydrogen-bond donors (Lipinski definition) is 3. The average Bonchev–Trinajstić information content (AvgIpc) is 3.49. The van der Waals surface area contributed by atoms with Crippen LogP contribution in [0.1, 0.15) is 10.4 Å². The number of amides is 1. The standard InChI is InChI=1S/C23H19N7O/c1-24-22(31)15-8-10-18(11-9-15)27-23-28-21-7-3-6-20(30(21)29-23)17-5-2-4-16(12-17)19-13-25-14-26-19/h2-14H,1H3,(H,24,31)(H,25,26)(H,27,29). The summed E-state index contributed by atoms with van der Waals surface area (Å²) in [5, 5.41) is 10.5. The molecule has 3 aromatic heterocycles. The Labute approximate surface area is 178 Å². The van der Waals surface area contributed by atoms with Crippen LogP contribution < -0.4 is 10.6 Å². The maximum absolute atomic E-state index is 11.7. The number of fused-ring (bicyclic) bond motifs is 1. The van der Waals surface area contributed by atoms with Gasteiger partial charge in [-0.15, -0.1) is 5.10 Å². The Balaban J connectivity index is 1.47. The highest BCUT2D eigenvalue weighted by atomic mass is 16.1. The van der Waals surface area contributed by atoms with Gasteiger partial charge < -0.3 is 15.6 Å². The molecule has 31 heavy (non-hydrogen) atoms. The van der Waals surface area contributed by atoms with E-state index in [1.54, 1.807) is 31.7 Å². The highest BCUT2D eigenvalue weighted by molar-refractivity contribution is 5.94. The fourth-order valence-electron chi connectivity index (χ4n) is 3.41. The zero-order chi connectivity index (χ0) is 21.2. The molecule has 2 aromatic carbocycles. The second-order valence-electron chi connectivity index (χ2n) is 6.94. The lowest BCUT2D eigenvalue weighted by Gasteiger charge is -2.06. The van der Waals surface area contributed by atoms with E-state index >= 15 is 0 Å². The fourth-order valence-corrected chi connectivity index (χ4v) is 3.41. The van der Waals surface area contributed by atoms with Crippen LogP contribution >= 0.6 is 0 Å². The summed E-state index contributed by atoms with van der Waals surface area (Å²) in [5.41, 5.74) is 6.06. The van der Waals surface area contributed by atoms with Crippen LogP contribution in [-0.4, -0.2) is 37.5 Å². The van der Waals surface area contributed by atoms with E-state index in [2.05, 4.69) is 36.8 Å². The van der Waals surface area contributed by atoms with Gasteiger partial charge in [0, 0.05) is 29.4 Å². The third-order valence-electron chi connectivity index (χ3n) is 4.96. The first kappa shape index (κ1) is 18.6. The van der Waals surface area contributed by atoms with Crippen LogP contribution in [0.2, 0.25) is 0 Å². The summed E-state index contributed by atoms with van der Waals surface area (Å²) in [4.78, 5) is 23.5. The van der Waals surface area contributed by atoms with E-state index in [-0.39, 0.29) is 5.91 Å². The van der Waals surface area contributed by atoms with E-state index in [1.807, 2.05) is 53.0 Å². The summed E-state index contributed by atoms with van der Waals surface area (Å²) in [5.74, 6) is 0.351. The quantitative estimate of drug-likeness (QED) is 0.409. The summed E-state index contributed by atoms with van der Waals surface area (Å²) in [6, 6.07) is 21.2. The Morgan fingerprint density at radius 3 is 2.58 bits per heavy atom. The SMILES string of the molecule is CNC(=O)c1ccc(Nc2nc3cccc(-c4cccc(-c5cnc[nH]5)c4)n3n2)cc1. The van der Waals surface area contributed by atoms with Crippen LogP contribution in [0.5, 0.6) is 0 Å². The first-order chi connectivity index (χ1) is 15.2. The van der Waals surface area contributed by atoms with E-state index in [9.17, 15) is 4.79 Å². The highest BCUT2D eigenvalue weighted by Gasteiger charge is 2.11. The van der Waals surface area contributed by atoms with Gasteiger partial charge in [0.05, 0.1) is 23.9 Å². The number of hydrogen-bond acceptors (Lipinski definition) is 5. The van der Waals surface area contributed by atoms with Crippen molar-refractivity contribution in [2.75, 3.05) is 12.4 Å². The van der Waals surface area contributed by atoms with Crippen molar-refractivity contribution in [3.63, 3.8) is 0 Å². The number of nitrogens with zero attached hydrogens (tertiary/aromatic N) is 4. The predicted octanol–water partition coefficient (Wildman–Crippen LogP) is 3.89. The van der Waals surface area contributed by atoms with Crippen LogP contribution in [0.3, 0.4) is 0 Å². The average molecular weight is 409 g/mol. The zero-order valence-corrected chi connectivity index (χ0v) is 16.7. The minimum atomic E-state index is -0.126. The van der Waals surface area contributed by atoms with Crippen molar-refractivity contribution in [3.05, 3.63) is 84.8 Å². The van der Waals surface area contributed by atoms with Crippen LogP contribution in [0, 0.1) is 0 Å². The molecule has 0 aliphatic rings. The number of aromatic amines is 1. The van der Waals surface area contributed by atoms with Crippen LogP contribution in [-0.2, 0) is 0 Å². The normalized spacial score (nSPS) is 10.9. The molecular formula is C23H19N7O. The Morgan fingerprint density at radius 2 is 1.81 bits per heavy atom. The van der Waals surface area contributed by atoms with Gasteiger partial charge in [0.15, 0.2) is 5.65 Å². The second-order valence-corrected chi connectivity index (χ2v) is 6.94. The van der Waals surface area contributed by atoms with Crippen molar-refractivity contribution in [1.29, 1.82) is 0 Å². The monoisotopic (exact) mass is 409 g/mol. The molecule has 0 unspecified atom stereocenters. The molecular weight excluding hydrogens is 390 g/mol. The van der Waals surface area contributed by atoms with Crippen molar-refractivity contribution < 1.29 is 4.79 Å². The molecule has 1 amide bonds. The molecule has 0 saturated heterocycles. The number of aromatic nitrogens is 5. The van der Waals surface area contributed by atoms with E-state index in [0.29, 0.717) is 11.5 Å². The van der Waals surface area contributed by atoms with Crippen molar-refractivity contribution >= 4 is 23.2 Å². The summed E-state index contributed by atoms with van der Waals surface area (Å²) < 4.78 is 1.81. The Kier molecular flexibility index (Phi) is 4.64. The van der Waals surface area contributed by atoms with Crippen molar-refractivity contribution in [2.24, 2.45) is 0 Å². The number of imidazole rings is 1. The first-order valence-corrected chi connectivity index (χ1v) is 9.75. The molecule has 5 aromatic rings. The minimum Gasteiger partial charge on any atom is -0.355 e. The summed E-state index contributed by atoms with van der Waals surface area (Å²) >= 11 is 0. The van der Waals surface area contributed by atoms with E-state index in [0.717, 1.165) is 33.8 Å². The number of benzene rings is 2. The lowest BCUT2D eigenvalue weighted by Crippen LogP contribution is -2.17. The predicted molar refractivity (Wildman–Crippen MR) is 119 cm³/mol. The van der Waals surface area contributed by atoms with Gasteiger partial charge in [-0.25, -0.2) is 9.50 Å². The number of rotatable bonds is 5. The number of carbonyl (C=O) groups is 1. The summed E-state index contributed by atoms with van der Waals surface area (Å²) in [6.07, 6.45) is 3.46. The largest absolute Gasteiger partial charge is 0.355 e. The Hall–Kier alpha value is -4.46. The minimum absolute atomic E-state index is 0.126. The lowest BCUT2D eigenvalue weighted by molar-refractivity contribution is 0.0963. The zero-order valence-electron chi connectivity index (χ0n) is 16.7. The molecule has 152 valence electrons. The highest BCUT2D eigenvalue weighted by Crippen LogP contribution is 2.26. The van der Waals surface area contributed by atoms with Gasteiger partial charge in [-0.2, -0.15) is 4.98 Å². The van der Waals surface area contributed by atoms with E-state index in [1.165, 1.54) is 0 Å². The van der Waals surface area contributed by atoms with Gasteiger partial charge >= 0.3 is 0 Å². The first-order valence-electron chi connectivity index (χ1n) is 9.75. The molecule has 0 atom stereocenters. The molecule has 0 spiro atoms. The molecule has 0 radical (unpaired) electrons. The Morgan fingerprint density at radius 1 is 1.00 bits per heavy atom. The molecule has 8 heteroatoms. The smallest absolute Gasteiger partial charge is 0.251 e. The van der Waals surface area contributed by atoms with Crippen LogP contribution in [0.25, 0.3) is 28.2 Å². The topological polar surface area (TPSA) is 100 Å². The fraction of sp³-hybridized carbons (Fsp3) is 0.0435. The molecule has 3 N–H and O–H groups in total. The van der Waals surface area contributed by atoms with Gasteiger partial charge in [0.25, 0.3) is 5.91 Å². The lowest BCUT2D eigenvalue weighted by atomic mass is 10.1. The van der Waals surface area contributed by atoms with E-state index in [4.69, 9.17) is 0 Å². The maximum atomic E-state index is 11.7. The van der Waals surface area contributed by atoms with Gasteiger partial charge in [-0.05, 0) is 42.5 Å². The van der Waals surface area contributed by atoms with Gasteiger partial charge in [-0.1, -0.05) is 24.3 Å². The number of nitrogens with one attached hydrogen (secondary N) is 3. The summed E-state index contributed by atoms with van der Waals surface area (Å²) in [7, 11) is 1.61. The van der Waals surface area contributed by atoms with Gasteiger partial charge in [0.2, 0.25) is 5.95 Å². The molecule has 0 saturated carbocycles. The molecule has 8 nitrogen and oxygen atoms in total. The van der Waals surface area contributed by atoms with Crippen molar-refractivity contribution in [1.82, 2.24) is 29.9 Å². The molecule has 5 rings (SSSR count). The van der Waals surface area contributed by atoms with Gasteiger partial charge in [-0.3, -0.25) is 4.79 Å². The molecule has 3 heterocycles. The maximum Gasteiger partial charge on any atom is 0.251 e. The van der Waals surface area contributed by atoms with E-state index < -0.39 is 0 Å². The van der Waals surface area contributed by atoms with Crippen LogP contribution in [0.15, 0.2) is 79.3 Å². The number of H-pyrrole nitrogens is 1. The van der Waals surface area contributed by atoms with Gasteiger partial charge in [0.1, 0.15) is 0 Å². The van der Waals surface area contributed by atoms with Crippen molar-refractivity contribution in [2.45, 2.75) is 0 Å².